The largest absolute Gasteiger partial charge is 0.462 e. The maximum atomic E-state index is 12.8. The standard InChI is InChI=1S/C65H102O6/c1-4-7-10-13-16-19-22-24-26-28-30-31-32-33-35-36-38-40-43-46-49-52-55-58-64(67)70-61-62(60-69-63(66)57-54-51-48-45-42-21-18-15-12-9-6-3)71-65(68)59-56-53-50-47-44-41-39-37-34-29-27-25-23-20-17-14-11-8-5-2/h7-8,10-11,16-17,19-20,24-27,30-31,33-35,37-38,40-41,44,46,49,62H,4-6,9,12-15,18,21-23,28-29,32,36,39,42-43,45,47-48,50-61H2,1-3H3/b10-7-,11-8-,19-16-,20-17-,26-24-,27-25-,31-30-,35-33-,37-34-,40-38-,44-41-,49-46-. The Morgan fingerprint density at radius 2 is 0.563 bits per heavy atom. The van der Waals surface area contributed by atoms with Crippen molar-refractivity contribution in [3.63, 3.8) is 0 Å². The SMILES string of the molecule is CC/C=C\C/C=C\C/C=C\C/C=C\C/C=C\C/C=C\C/C=C\CCCC(=O)OCC(COC(=O)CCCCCCCCCCCCC)OC(=O)CCCCC/C=C\C/C=C\C/C=C\C/C=C\C/C=C\CC. The van der Waals surface area contributed by atoms with Crippen molar-refractivity contribution in [1.29, 1.82) is 0 Å². The smallest absolute Gasteiger partial charge is 0.306 e. The van der Waals surface area contributed by atoms with Crippen molar-refractivity contribution in [2.75, 3.05) is 13.2 Å². The molecule has 0 bridgehead atoms. The third kappa shape index (κ3) is 56.1. The zero-order valence-electron chi connectivity index (χ0n) is 45.4. The molecule has 0 aliphatic rings. The first-order valence-corrected chi connectivity index (χ1v) is 28.3. The Morgan fingerprint density at radius 3 is 0.915 bits per heavy atom. The highest BCUT2D eigenvalue weighted by Crippen LogP contribution is 2.13. The van der Waals surface area contributed by atoms with Crippen molar-refractivity contribution in [2.45, 2.75) is 232 Å². The van der Waals surface area contributed by atoms with E-state index in [2.05, 4.69) is 167 Å². The van der Waals surface area contributed by atoms with E-state index in [1.165, 1.54) is 51.4 Å². The van der Waals surface area contributed by atoms with Crippen LogP contribution in [0.3, 0.4) is 0 Å². The zero-order valence-corrected chi connectivity index (χ0v) is 45.4. The highest BCUT2D eigenvalue weighted by molar-refractivity contribution is 5.71. The Hall–Kier alpha value is -4.71. The summed E-state index contributed by atoms with van der Waals surface area (Å²) >= 11 is 0. The van der Waals surface area contributed by atoms with E-state index in [4.69, 9.17) is 14.2 Å². The predicted molar refractivity (Wildman–Crippen MR) is 306 cm³/mol. The fourth-order valence-corrected chi connectivity index (χ4v) is 7.16. The van der Waals surface area contributed by atoms with Gasteiger partial charge in [-0.05, 0) is 116 Å². The van der Waals surface area contributed by atoms with Gasteiger partial charge in [-0.1, -0.05) is 237 Å². The van der Waals surface area contributed by atoms with Gasteiger partial charge in [0.05, 0.1) is 0 Å². The van der Waals surface area contributed by atoms with E-state index in [0.29, 0.717) is 19.3 Å². The van der Waals surface area contributed by atoms with Gasteiger partial charge in [0.25, 0.3) is 0 Å². The van der Waals surface area contributed by atoms with E-state index >= 15 is 0 Å². The summed E-state index contributed by atoms with van der Waals surface area (Å²) in [6, 6.07) is 0. The number of carbonyl (C=O) groups excluding carboxylic acids is 3. The van der Waals surface area contributed by atoms with Gasteiger partial charge in [-0.3, -0.25) is 14.4 Å². The molecule has 0 aromatic carbocycles. The number of unbranched alkanes of at least 4 members (excludes halogenated alkanes) is 14. The molecule has 0 saturated heterocycles. The van der Waals surface area contributed by atoms with Crippen LogP contribution in [0.4, 0.5) is 0 Å². The lowest BCUT2D eigenvalue weighted by Crippen LogP contribution is -2.30. The van der Waals surface area contributed by atoms with Crippen molar-refractivity contribution in [3.8, 4) is 0 Å². The summed E-state index contributed by atoms with van der Waals surface area (Å²) in [5.74, 6) is -1.02. The monoisotopic (exact) mass is 979 g/mol. The van der Waals surface area contributed by atoms with Crippen LogP contribution in [0.1, 0.15) is 226 Å². The lowest BCUT2D eigenvalue weighted by atomic mass is 10.1. The molecule has 0 heterocycles. The van der Waals surface area contributed by atoms with Crippen molar-refractivity contribution < 1.29 is 28.6 Å². The first-order valence-electron chi connectivity index (χ1n) is 28.3. The number of carbonyl (C=O) groups is 3. The number of ether oxygens (including phenoxy) is 3. The molecule has 6 heteroatoms. The molecule has 0 aliphatic heterocycles. The molecule has 0 aromatic heterocycles. The van der Waals surface area contributed by atoms with Gasteiger partial charge in [-0.2, -0.15) is 0 Å². The van der Waals surface area contributed by atoms with Crippen LogP contribution in [-0.4, -0.2) is 37.2 Å². The normalized spacial score (nSPS) is 13.2. The minimum Gasteiger partial charge on any atom is -0.462 e. The third-order valence-corrected chi connectivity index (χ3v) is 11.3. The van der Waals surface area contributed by atoms with Gasteiger partial charge in [0.1, 0.15) is 13.2 Å². The molecule has 0 radical (unpaired) electrons. The molecule has 0 aliphatic carbocycles. The average molecular weight is 980 g/mol. The summed E-state index contributed by atoms with van der Waals surface area (Å²) in [5.41, 5.74) is 0. The Bertz CT molecular complexity index is 1590. The van der Waals surface area contributed by atoms with Gasteiger partial charge < -0.3 is 14.2 Å². The lowest BCUT2D eigenvalue weighted by molar-refractivity contribution is -0.167. The summed E-state index contributed by atoms with van der Waals surface area (Å²) < 4.78 is 16.8. The Kier molecular flexibility index (Phi) is 54.0. The summed E-state index contributed by atoms with van der Waals surface area (Å²) in [6.45, 7) is 6.31. The topological polar surface area (TPSA) is 78.9 Å². The van der Waals surface area contributed by atoms with Gasteiger partial charge in [0, 0.05) is 19.3 Å². The van der Waals surface area contributed by atoms with Crippen molar-refractivity contribution in [1.82, 2.24) is 0 Å². The van der Waals surface area contributed by atoms with Gasteiger partial charge in [0.15, 0.2) is 6.10 Å². The van der Waals surface area contributed by atoms with E-state index in [1.54, 1.807) is 0 Å². The Morgan fingerprint density at radius 1 is 0.296 bits per heavy atom. The van der Waals surface area contributed by atoms with E-state index in [9.17, 15) is 14.4 Å². The number of hydrogen-bond donors (Lipinski definition) is 0. The molecular weight excluding hydrogens is 877 g/mol. The molecule has 1 atom stereocenters. The molecule has 0 N–H and O–H groups in total. The molecule has 398 valence electrons. The van der Waals surface area contributed by atoms with E-state index in [1.807, 2.05) is 0 Å². The maximum Gasteiger partial charge on any atom is 0.306 e. The average Bonchev–Trinajstić information content (AvgIpc) is 3.37. The summed E-state index contributed by atoms with van der Waals surface area (Å²) in [7, 11) is 0. The maximum absolute atomic E-state index is 12.8. The molecule has 1 unspecified atom stereocenters. The van der Waals surface area contributed by atoms with Crippen LogP contribution >= 0.6 is 0 Å². The molecular formula is C65H102O6. The lowest BCUT2D eigenvalue weighted by Gasteiger charge is -2.18. The second-order valence-corrected chi connectivity index (χ2v) is 18.1. The van der Waals surface area contributed by atoms with E-state index < -0.39 is 6.10 Å². The first kappa shape index (κ1) is 66.3. The molecule has 0 aromatic rings. The van der Waals surface area contributed by atoms with Crippen molar-refractivity contribution in [3.05, 3.63) is 146 Å². The number of rotatable bonds is 49. The Labute approximate surface area is 436 Å². The molecule has 0 amide bonds. The van der Waals surface area contributed by atoms with Crippen LogP contribution in [0.5, 0.6) is 0 Å². The van der Waals surface area contributed by atoms with Crippen LogP contribution < -0.4 is 0 Å². The van der Waals surface area contributed by atoms with Crippen molar-refractivity contribution >= 4 is 17.9 Å². The highest BCUT2D eigenvalue weighted by Gasteiger charge is 2.19. The summed E-state index contributed by atoms with van der Waals surface area (Å²) in [6.07, 6.45) is 82.7. The first-order chi connectivity index (χ1) is 35.0. The fraction of sp³-hybridized carbons (Fsp3) is 0.585. The zero-order chi connectivity index (χ0) is 51.4. The van der Waals surface area contributed by atoms with Crippen LogP contribution in [0.15, 0.2) is 146 Å². The predicted octanol–water partition coefficient (Wildman–Crippen LogP) is 19.2. The second kappa shape index (κ2) is 57.9. The minimum absolute atomic E-state index is 0.114. The number of hydrogen-bond acceptors (Lipinski definition) is 6. The van der Waals surface area contributed by atoms with Gasteiger partial charge in [-0.25, -0.2) is 0 Å². The quantitative estimate of drug-likeness (QED) is 0.0262. The molecule has 71 heavy (non-hydrogen) atoms. The van der Waals surface area contributed by atoms with Crippen LogP contribution in [0.25, 0.3) is 0 Å². The van der Waals surface area contributed by atoms with E-state index in [-0.39, 0.29) is 44.0 Å². The third-order valence-electron chi connectivity index (χ3n) is 11.3. The molecule has 0 spiro atoms. The van der Waals surface area contributed by atoms with Crippen LogP contribution in [-0.2, 0) is 28.6 Å². The van der Waals surface area contributed by atoms with Crippen LogP contribution in [0, 0.1) is 0 Å². The van der Waals surface area contributed by atoms with Gasteiger partial charge >= 0.3 is 17.9 Å². The number of esters is 3. The molecule has 0 saturated carbocycles. The Balaban J connectivity index is 4.53. The van der Waals surface area contributed by atoms with E-state index in [0.717, 1.165) is 122 Å². The minimum atomic E-state index is -0.824. The van der Waals surface area contributed by atoms with Gasteiger partial charge in [0.2, 0.25) is 0 Å². The summed E-state index contributed by atoms with van der Waals surface area (Å²) in [4.78, 5) is 38.1. The number of allylic oxidation sites excluding steroid dienone is 24. The van der Waals surface area contributed by atoms with Crippen LogP contribution in [0.2, 0.25) is 0 Å². The molecule has 0 rings (SSSR count). The van der Waals surface area contributed by atoms with Crippen molar-refractivity contribution in [2.24, 2.45) is 0 Å². The highest BCUT2D eigenvalue weighted by atomic mass is 16.6. The van der Waals surface area contributed by atoms with Gasteiger partial charge in [-0.15, -0.1) is 0 Å². The fourth-order valence-electron chi connectivity index (χ4n) is 7.16. The molecule has 0 fully saturated rings. The molecule has 6 nitrogen and oxygen atoms in total. The summed E-state index contributed by atoms with van der Waals surface area (Å²) in [5, 5.41) is 0. The second-order valence-electron chi connectivity index (χ2n) is 18.1.